The Bertz CT molecular complexity index is 1020. The van der Waals surface area contributed by atoms with E-state index in [0.717, 1.165) is 17.1 Å². The number of ether oxygens (including phenoxy) is 1. The van der Waals surface area contributed by atoms with E-state index in [0.29, 0.717) is 23.9 Å². The summed E-state index contributed by atoms with van der Waals surface area (Å²) in [4.78, 5) is 13.2. The van der Waals surface area contributed by atoms with Gasteiger partial charge in [-0.25, -0.2) is 9.07 Å². The van der Waals surface area contributed by atoms with Gasteiger partial charge in [0.2, 0.25) is 11.1 Å². The van der Waals surface area contributed by atoms with E-state index >= 15 is 0 Å². The predicted molar refractivity (Wildman–Crippen MR) is 114 cm³/mol. The second-order valence-corrected chi connectivity index (χ2v) is 7.84. The van der Waals surface area contributed by atoms with E-state index in [2.05, 4.69) is 20.9 Å². The Morgan fingerprint density at radius 1 is 1.17 bits per heavy atom. The Kier molecular flexibility index (Phi) is 5.89. The number of fused-ring (bicyclic) bond motifs is 1. The van der Waals surface area contributed by atoms with Crippen LogP contribution in [0.5, 0.6) is 5.75 Å². The zero-order valence-corrected chi connectivity index (χ0v) is 17.4. The number of hydrogen-bond donors (Lipinski definition) is 2. The highest BCUT2D eigenvalue weighted by Gasteiger charge is 2.37. The number of aryl methyl sites for hydroxylation is 1. The number of nitrogens with zero attached hydrogens (tertiary/aromatic N) is 3. The fourth-order valence-corrected chi connectivity index (χ4v) is 4.36. The number of amides is 1. The third-order valence-corrected chi connectivity index (χ3v) is 5.96. The number of nitrogens with one attached hydrogen (secondary N) is 2. The lowest BCUT2D eigenvalue weighted by Crippen LogP contribution is -2.41. The highest BCUT2D eigenvalue weighted by Crippen LogP contribution is 2.37. The predicted octanol–water partition coefficient (Wildman–Crippen LogP) is 3.78. The van der Waals surface area contributed by atoms with Crippen LogP contribution in [0, 0.1) is 5.82 Å². The van der Waals surface area contributed by atoms with Crippen LogP contribution in [0.1, 0.15) is 31.3 Å². The summed E-state index contributed by atoms with van der Waals surface area (Å²) in [5, 5.41) is 11.4. The summed E-state index contributed by atoms with van der Waals surface area (Å²) in [7, 11) is 0. The van der Waals surface area contributed by atoms with Crippen LogP contribution in [-0.2, 0) is 11.2 Å². The maximum atomic E-state index is 13.5. The molecule has 0 saturated heterocycles. The monoisotopic (exact) mass is 427 g/mol. The molecule has 0 radical (unpaired) electrons. The zero-order chi connectivity index (χ0) is 21.1. The van der Waals surface area contributed by atoms with E-state index in [4.69, 9.17) is 4.74 Å². The van der Waals surface area contributed by atoms with E-state index in [1.807, 2.05) is 26.0 Å². The highest BCUT2D eigenvalue weighted by molar-refractivity contribution is 8.00. The molecular weight excluding hydrogens is 405 g/mol. The van der Waals surface area contributed by atoms with E-state index in [9.17, 15) is 9.18 Å². The molecule has 2 heterocycles. The van der Waals surface area contributed by atoms with Crippen molar-refractivity contribution in [1.82, 2.24) is 14.9 Å². The van der Waals surface area contributed by atoms with E-state index in [1.165, 1.54) is 23.9 Å². The van der Waals surface area contributed by atoms with Gasteiger partial charge in [-0.05, 0) is 48.9 Å². The fraction of sp³-hybridized carbons (Fsp3) is 0.286. The standard InChI is InChI=1S/C21H22FN5O2S/c1-3-17-24-25-21-27(17)26-18(13-5-7-14(22)8-6-13)19(30-21)20(28)23-15-9-11-16(12-10-15)29-4-2/h5-12,18-19,26H,3-4H2,1-2H3,(H,23,28)/t18-,19+/m1/s1. The maximum Gasteiger partial charge on any atom is 0.240 e. The number of rotatable bonds is 6. The number of carbonyl (C=O) groups excluding carboxylic acids is 1. The third kappa shape index (κ3) is 4.11. The second kappa shape index (κ2) is 8.74. The zero-order valence-electron chi connectivity index (χ0n) is 16.6. The number of aromatic nitrogens is 3. The topological polar surface area (TPSA) is 81.1 Å². The van der Waals surface area contributed by atoms with Gasteiger partial charge in [-0.2, -0.15) is 0 Å². The fourth-order valence-electron chi connectivity index (χ4n) is 3.26. The van der Waals surface area contributed by atoms with Crippen molar-refractivity contribution in [3.63, 3.8) is 0 Å². The minimum Gasteiger partial charge on any atom is -0.494 e. The maximum absolute atomic E-state index is 13.5. The molecule has 0 fully saturated rings. The summed E-state index contributed by atoms with van der Waals surface area (Å²) >= 11 is 1.34. The molecule has 0 aliphatic carbocycles. The molecule has 1 aromatic heterocycles. The van der Waals surface area contributed by atoms with Crippen LogP contribution in [0.2, 0.25) is 0 Å². The van der Waals surface area contributed by atoms with Gasteiger partial charge in [-0.15, -0.1) is 10.2 Å². The molecular formula is C21H22FN5O2S. The SMILES string of the molecule is CCOc1ccc(NC(=O)[C@H]2Sc3nnc(CC)n3N[C@@H]2c2ccc(F)cc2)cc1. The number of thioether (sulfide) groups is 1. The van der Waals surface area contributed by atoms with Crippen molar-refractivity contribution in [1.29, 1.82) is 0 Å². The third-order valence-electron chi connectivity index (χ3n) is 4.74. The Hall–Kier alpha value is -3.07. The molecule has 1 aliphatic heterocycles. The van der Waals surface area contributed by atoms with Crippen molar-refractivity contribution in [3.05, 3.63) is 65.7 Å². The summed E-state index contributed by atoms with van der Waals surface area (Å²) in [5.74, 6) is 1.01. The average molecular weight is 428 g/mol. The van der Waals surface area contributed by atoms with Crippen LogP contribution < -0.4 is 15.5 Å². The number of hydrogen-bond acceptors (Lipinski definition) is 6. The molecule has 0 spiro atoms. The number of anilines is 1. The molecule has 1 aliphatic rings. The van der Waals surface area contributed by atoms with Crippen molar-refractivity contribution in [3.8, 4) is 5.75 Å². The van der Waals surface area contributed by atoms with Gasteiger partial charge in [0, 0.05) is 12.1 Å². The van der Waals surface area contributed by atoms with Crippen LogP contribution >= 0.6 is 11.8 Å². The minimum atomic E-state index is -0.525. The molecule has 2 N–H and O–H groups in total. The van der Waals surface area contributed by atoms with Crippen molar-refractivity contribution in [2.24, 2.45) is 0 Å². The van der Waals surface area contributed by atoms with Crippen molar-refractivity contribution < 1.29 is 13.9 Å². The Morgan fingerprint density at radius 2 is 1.90 bits per heavy atom. The van der Waals surface area contributed by atoms with E-state index in [1.54, 1.807) is 28.9 Å². The minimum absolute atomic E-state index is 0.182. The van der Waals surface area contributed by atoms with Crippen LogP contribution in [0.25, 0.3) is 0 Å². The molecule has 30 heavy (non-hydrogen) atoms. The Labute approximate surface area is 178 Å². The molecule has 4 rings (SSSR count). The largest absolute Gasteiger partial charge is 0.494 e. The van der Waals surface area contributed by atoms with Crippen LogP contribution in [0.4, 0.5) is 10.1 Å². The summed E-state index contributed by atoms with van der Waals surface area (Å²) in [6, 6.07) is 13.0. The van der Waals surface area contributed by atoms with Crippen LogP contribution in [-0.4, -0.2) is 32.6 Å². The van der Waals surface area contributed by atoms with Gasteiger partial charge < -0.3 is 15.5 Å². The summed E-state index contributed by atoms with van der Waals surface area (Å²) in [5.41, 5.74) is 4.81. The highest BCUT2D eigenvalue weighted by atomic mass is 32.2. The summed E-state index contributed by atoms with van der Waals surface area (Å²) in [6.07, 6.45) is 0.694. The van der Waals surface area contributed by atoms with Gasteiger partial charge in [0.15, 0.2) is 5.82 Å². The first-order chi connectivity index (χ1) is 14.6. The Balaban J connectivity index is 1.60. The molecule has 9 heteroatoms. The molecule has 2 aromatic carbocycles. The molecule has 156 valence electrons. The number of halogens is 1. The van der Waals surface area contributed by atoms with Gasteiger partial charge >= 0.3 is 0 Å². The van der Waals surface area contributed by atoms with E-state index < -0.39 is 5.25 Å². The number of benzene rings is 2. The van der Waals surface area contributed by atoms with Crippen LogP contribution in [0.3, 0.4) is 0 Å². The van der Waals surface area contributed by atoms with Gasteiger partial charge in [0.25, 0.3) is 0 Å². The lowest BCUT2D eigenvalue weighted by Gasteiger charge is -2.33. The second-order valence-electron chi connectivity index (χ2n) is 6.73. The van der Waals surface area contributed by atoms with Crippen molar-refractivity contribution in [2.45, 2.75) is 36.7 Å². The molecule has 3 aromatic rings. The van der Waals surface area contributed by atoms with Crippen LogP contribution in [0.15, 0.2) is 53.7 Å². The first-order valence-corrected chi connectivity index (χ1v) is 10.6. The Morgan fingerprint density at radius 3 is 2.57 bits per heavy atom. The van der Waals surface area contributed by atoms with Crippen molar-refractivity contribution >= 4 is 23.4 Å². The molecule has 7 nitrogen and oxygen atoms in total. The molecule has 0 saturated carbocycles. The lowest BCUT2D eigenvalue weighted by atomic mass is 10.0. The first-order valence-electron chi connectivity index (χ1n) is 9.75. The quantitative estimate of drug-likeness (QED) is 0.623. The lowest BCUT2D eigenvalue weighted by molar-refractivity contribution is -0.116. The smallest absolute Gasteiger partial charge is 0.240 e. The average Bonchev–Trinajstić information content (AvgIpc) is 3.17. The molecule has 0 bridgehead atoms. The summed E-state index contributed by atoms with van der Waals surface area (Å²) in [6.45, 7) is 4.48. The van der Waals surface area contributed by atoms with Gasteiger partial charge in [-0.3, -0.25) is 4.79 Å². The van der Waals surface area contributed by atoms with Gasteiger partial charge in [0.1, 0.15) is 16.8 Å². The molecule has 1 amide bonds. The van der Waals surface area contributed by atoms with Crippen molar-refractivity contribution in [2.75, 3.05) is 17.3 Å². The normalized spacial score (nSPS) is 17.7. The number of carbonyl (C=O) groups is 1. The van der Waals surface area contributed by atoms with E-state index in [-0.39, 0.29) is 17.8 Å². The van der Waals surface area contributed by atoms with Gasteiger partial charge in [-0.1, -0.05) is 30.8 Å². The van der Waals surface area contributed by atoms with Gasteiger partial charge in [0.05, 0.1) is 12.6 Å². The molecule has 0 unspecified atom stereocenters. The first kappa shape index (κ1) is 20.2. The summed E-state index contributed by atoms with van der Waals surface area (Å²) < 4.78 is 20.7. The molecule has 2 atom stereocenters.